The molecule has 150 valence electrons. The first-order chi connectivity index (χ1) is 14.2. The Balaban J connectivity index is 1.45. The molecular weight excluding hydrogens is 380 g/mol. The number of rotatable bonds is 5. The van der Waals surface area contributed by atoms with E-state index in [1.807, 2.05) is 15.8 Å². The van der Waals surface area contributed by atoms with Gasteiger partial charge in [-0.3, -0.25) is 14.4 Å². The van der Waals surface area contributed by atoms with Crippen molar-refractivity contribution in [2.24, 2.45) is 5.41 Å². The van der Waals surface area contributed by atoms with Crippen LogP contribution in [-0.4, -0.2) is 40.2 Å². The minimum atomic E-state index is -0.343. The molecule has 29 heavy (non-hydrogen) atoms. The minimum Gasteiger partial charge on any atom is -0.311 e. The standard InChI is InChI=1S/C23H26N4OS/c1-2-26-14-18(12-24-26)13-25-15-21(19-6-4-3-5-7-19)23(17-25)9-10-27(22(23)28)20-8-11-29-16-20/h3-8,11-12,14,16,21H,2,9-10,13,15,17H2,1H3/t21-,23+/m0/s1. The lowest BCUT2D eigenvalue weighted by atomic mass is 9.73. The molecule has 0 aliphatic carbocycles. The van der Waals surface area contributed by atoms with Crippen LogP contribution >= 0.6 is 11.3 Å². The van der Waals surface area contributed by atoms with Gasteiger partial charge in [0.15, 0.2) is 0 Å². The van der Waals surface area contributed by atoms with Crippen molar-refractivity contribution < 1.29 is 4.79 Å². The van der Waals surface area contributed by atoms with E-state index in [0.29, 0.717) is 0 Å². The Kier molecular flexibility index (Phi) is 4.76. The third-order valence-electron chi connectivity index (χ3n) is 6.50. The molecule has 6 heteroatoms. The topological polar surface area (TPSA) is 41.4 Å². The van der Waals surface area contributed by atoms with Crippen molar-refractivity contribution in [1.29, 1.82) is 0 Å². The second-order valence-corrected chi connectivity index (χ2v) is 8.96. The van der Waals surface area contributed by atoms with Gasteiger partial charge in [-0.2, -0.15) is 16.4 Å². The number of anilines is 1. The van der Waals surface area contributed by atoms with Crippen LogP contribution in [0.3, 0.4) is 0 Å². The van der Waals surface area contributed by atoms with Gasteiger partial charge in [-0.05, 0) is 30.4 Å². The third kappa shape index (κ3) is 3.20. The van der Waals surface area contributed by atoms with E-state index in [1.54, 1.807) is 11.3 Å². The van der Waals surface area contributed by atoms with Gasteiger partial charge in [0.2, 0.25) is 5.91 Å². The van der Waals surface area contributed by atoms with Crippen molar-refractivity contribution in [2.75, 3.05) is 24.5 Å². The Bertz CT molecular complexity index is 983. The summed E-state index contributed by atoms with van der Waals surface area (Å²) in [5.41, 5.74) is 3.20. The Hall–Kier alpha value is -2.44. The van der Waals surface area contributed by atoms with Crippen LogP contribution in [0.25, 0.3) is 0 Å². The molecule has 2 aromatic heterocycles. The molecule has 0 saturated carbocycles. The number of hydrogen-bond acceptors (Lipinski definition) is 4. The summed E-state index contributed by atoms with van der Waals surface area (Å²) in [5.74, 6) is 0.512. The quantitative estimate of drug-likeness (QED) is 0.643. The molecule has 1 spiro atoms. The number of nitrogens with zero attached hydrogens (tertiary/aromatic N) is 4. The molecule has 0 bridgehead atoms. The maximum Gasteiger partial charge on any atom is 0.235 e. The van der Waals surface area contributed by atoms with Crippen LogP contribution in [0.15, 0.2) is 59.6 Å². The molecule has 0 unspecified atom stereocenters. The van der Waals surface area contributed by atoms with Crippen molar-refractivity contribution in [3.05, 3.63) is 70.7 Å². The number of hydrogen-bond donors (Lipinski definition) is 0. The van der Waals surface area contributed by atoms with Gasteiger partial charge in [0, 0.05) is 55.8 Å². The normalized spacial score (nSPS) is 24.8. The van der Waals surface area contributed by atoms with Crippen molar-refractivity contribution in [2.45, 2.75) is 32.4 Å². The number of benzene rings is 1. The summed E-state index contributed by atoms with van der Waals surface area (Å²) in [4.78, 5) is 18.2. The van der Waals surface area contributed by atoms with Gasteiger partial charge >= 0.3 is 0 Å². The van der Waals surface area contributed by atoms with Gasteiger partial charge in [0.1, 0.15) is 0 Å². The monoisotopic (exact) mass is 406 g/mol. The van der Waals surface area contributed by atoms with E-state index >= 15 is 0 Å². The fourth-order valence-electron chi connectivity index (χ4n) is 5.07. The highest BCUT2D eigenvalue weighted by Crippen LogP contribution is 2.51. The van der Waals surface area contributed by atoms with E-state index < -0.39 is 0 Å². The van der Waals surface area contributed by atoms with Gasteiger partial charge in [0.05, 0.1) is 17.3 Å². The molecule has 1 amide bonds. The number of carbonyl (C=O) groups excluding carboxylic acids is 1. The molecule has 5 nitrogen and oxygen atoms in total. The number of aryl methyl sites for hydroxylation is 1. The number of amides is 1. The number of likely N-dealkylation sites (tertiary alicyclic amines) is 1. The number of aromatic nitrogens is 2. The number of thiophene rings is 1. The molecule has 4 heterocycles. The predicted molar refractivity (Wildman–Crippen MR) is 116 cm³/mol. The average Bonchev–Trinajstić information content (AvgIpc) is 3.53. The highest BCUT2D eigenvalue weighted by molar-refractivity contribution is 7.08. The SMILES string of the molecule is CCn1cc(CN2C[C@@H](c3ccccc3)[C@@]3(CCN(c4ccsc4)C3=O)C2)cn1. The molecule has 1 aromatic carbocycles. The largest absolute Gasteiger partial charge is 0.311 e. The molecule has 3 aromatic rings. The van der Waals surface area contributed by atoms with Crippen molar-refractivity contribution in [3.8, 4) is 0 Å². The second kappa shape index (κ2) is 7.43. The van der Waals surface area contributed by atoms with Gasteiger partial charge in [-0.1, -0.05) is 30.3 Å². The highest BCUT2D eigenvalue weighted by atomic mass is 32.1. The third-order valence-corrected chi connectivity index (χ3v) is 7.17. The molecule has 2 fully saturated rings. The zero-order valence-electron chi connectivity index (χ0n) is 16.7. The summed E-state index contributed by atoms with van der Waals surface area (Å²) in [6.45, 7) is 6.35. The maximum absolute atomic E-state index is 13.7. The first kappa shape index (κ1) is 18.6. The van der Waals surface area contributed by atoms with Crippen molar-refractivity contribution >= 4 is 22.9 Å². The molecular formula is C23H26N4OS. The van der Waals surface area contributed by atoms with E-state index in [9.17, 15) is 4.79 Å². The predicted octanol–water partition coefficient (Wildman–Crippen LogP) is 3.99. The van der Waals surface area contributed by atoms with E-state index in [1.165, 1.54) is 11.1 Å². The molecule has 0 N–H and O–H groups in total. The van der Waals surface area contributed by atoms with Crippen LogP contribution in [0.2, 0.25) is 0 Å². The lowest BCUT2D eigenvalue weighted by Gasteiger charge is -2.29. The Labute approximate surface area is 175 Å². The fraction of sp³-hybridized carbons (Fsp3) is 0.391. The van der Waals surface area contributed by atoms with Crippen molar-refractivity contribution in [3.63, 3.8) is 0 Å². The molecule has 2 aliphatic rings. The molecule has 2 atom stereocenters. The first-order valence-electron chi connectivity index (χ1n) is 10.3. The maximum atomic E-state index is 13.7. The van der Waals surface area contributed by atoms with E-state index in [2.05, 4.69) is 70.3 Å². The van der Waals surface area contributed by atoms with Crippen molar-refractivity contribution in [1.82, 2.24) is 14.7 Å². The van der Waals surface area contributed by atoms with E-state index in [-0.39, 0.29) is 17.2 Å². The lowest BCUT2D eigenvalue weighted by molar-refractivity contribution is -0.125. The number of carbonyl (C=O) groups is 1. The molecule has 2 aliphatic heterocycles. The average molecular weight is 407 g/mol. The summed E-state index contributed by atoms with van der Waals surface area (Å²) >= 11 is 1.65. The van der Waals surface area contributed by atoms with E-state index in [4.69, 9.17) is 0 Å². The van der Waals surface area contributed by atoms with Gasteiger partial charge in [-0.25, -0.2) is 0 Å². The van der Waals surface area contributed by atoms with Gasteiger partial charge in [-0.15, -0.1) is 0 Å². The first-order valence-corrected chi connectivity index (χ1v) is 11.3. The second-order valence-electron chi connectivity index (χ2n) is 8.18. The van der Waals surface area contributed by atoms with Crippen LogP contribution in [0.4, 0.5) is 5.69 Å². The summed E-state index contributed by atoms with van der Waals surface area (Å²) in [5, 5.41) is 8.55. The Morgan fingerprint density at radius 3 is 2.83 bits per heavy atom. The Morgan fingerprint density at radius 1 is 1.24 bits per heavy atom. The highest BCUT2D eigenvalue weighted by Gasteiger charge is 2.57. The Morgan fingerprint density at radius 2 is 2.10 bits per heavy atom. The minimum absolute atomic E-state index is 0.223. The van der Waals surface area contributed by atoms with Crippen LogP contribution in [-0.2, 0) is 17.9 Å². The summed E-state index contributed by atoms with van der Waals surface area (Å²) < 4.78 is 1.97. The summed E-state index contributed by atoms with van der Waals surface area (Å²) in [6, 6.07) is 12.7. The van der Waals surface area contributed by atoms with Crippen LogP contribution in [0.5, 0.6) is 0 Å². The molecule has 5 rings (SSSR count). The fourth-order valence-corrected chi connectivity index (χ4v) is 5.71. The lowest BCUT2D eigenvalue weighted by Crippen LogP contribution is -2.39. The zero-order chi connectivity index (χ0) is 19.8. The van der Waals surface area contributed by atoms with Crippen LogP contribution in [0, 0.1) is 5.41 Å². The molecule has 2 saturated heterocycles. The van der Waals surface area contributed by atoms with Gasteiger partial charge in [0.25, 0.3) is 0 Å². The smallest absolute Gasteiger partial charge is 0.235 e. The van der Waals surface area contributed by atoms with Crippen LogP contribution < -0.4 is 4.90 Å². The summed E-state index contributed by atoms with van der Waals surface area (Å²) in [6.07, 6.45) is 4.99. The van der Waals surface area contributed by atoms with Crippen LogP contribution in [0.1, 0.15) is 30.4 Å². The zero-order valence-corrected chi connectivity index (χ0v) is 17.5. The molecule has 0 radical (unpaired) electrons. The van der Waals surface area contributed by atoms with E-state index in [0.717, 1.165) is 44.8 Å². The van der Waals surface area contributed by atoms with Gasteiger partial charge < -0.3 is 4.90 Å². The summed E-state index contributed by atoms with van der Waals surface area (Å²) in [7, 11) is 0.